The number of ether oxygens (including phenoxy) is 1. The van der Waals surface area contributed by atoms with Crippen LogP contribution in [0.15, 0.2) is 41.3 Å². The van der Waals surface area contributed by atoms with Gasteiger partial charge in [0.05, 0.1) is 7.11 Å². The molecule has 3 nitrogen and oxygen atoms in total. The quantitative estimate of drug-likeness (QED) is 0.633. The number of phenolic OH excluding ortho intramolecular Hbond substituents is 1. The molecule has 1 saturated heterocycles. The lowest BCUT2D eigenvalue weighted by Gasteiger charge is -2.62. The fourth-order valence-corrected chi connectivity index (χ4v) is 7.31. The molecule has 0 aromatic heterocycles. The molecule has 4 heteroatoms. The van der Waals surface area contributed by atoms with Crippen molar-refractivity contribution < 1.29 is 9.84 Å². The number of fused-ring (bicyclic) bond motifs is 1. The van der Waals surface area contributed by atoms with Gasteiger partial charge in [-0.15, -0.1) is 11.8 Å². The van der Waals surface area contributed by atoms with Crippen molar-refractivity contribution >= 4 is 11.8 Å². The Hall–Kier alpha value is -1.65. The zero-order valence-corrected chi connectivity index (χ0v) is 19.1. The Balaban J connectivity index is 1.46. The summed E-state index contributed by atoms with van der Waals surface area (Å²) in [6.07, 6.45) is 10.8. The van der Waals surface area contributed by atoms with Crippen LogP contribution < -0.4 is 4.74 Å². The molecule has 1 heterocycles. The number of methoxy groups -OCH3 is 1. The number of thioether (sulfide) groups is 1. The molecule has 160 valence electrons. The van der Waals surface area contributed by atoms with E-state index in [2.05, 4.69) is 41.5 Å². The molecule has 5 rings (SSSR count). The fourth-order valence-electron chi connectivity index (χ4n) is 6.88. The van der Waals surface area contributed by atoms with Crippen molar-refractivity contribution in [3.05, 3.63) is 53.1 Å². The van der Waals surface area contributed by atoms with E-state index in [1.165, 1.54) is 60.1 Å². The zero-order valence-electron chi connectivity index (χ0n) is 18.2. The Morgan fingerprint density at radius 1 is 1.10 bits per heavy atom. The molecule has 2 aliphatic carbocycles. The van der Waals surface area contributed by atoms with Crippen molar-refractivity contribution in [2.75, 3.05) is 26.5 Å². The highest BCUT2D eigenvalue weighted by Gasteiger charge is 2.58. The number of hydrogen-bond donors (Lipinski definition) is 1. The molecule has 0 bridgehead atoms. The second-order valence-electron chi connectivity index (χ2n) is 9.51. The smallest absolute Gasteiger partial charge is 0.124 e. The van der Waals surface area contributed by atoms with Gasteiger partial charge in [-0.3, -0.25) is 4.90 Å². The van der Waals surface area contributed by atoms with E-state index in [1.54, 1.807) is 18.9 Å². The number of phenols is 1. The number of aromatic hydroxyl groups is 1. The zero-order chi connectivity index (χ0) is 20.8. The summed E-state index contributed by atoms with van der Waals surface area (Å²) in [5, 5.41) is 10.6. The van der Waals surface area contributed by atoms with Crippen LogP contribution in [0.4, 0.5) is 0 Å². The molecular formula is C26H33NO2S. The molecule has 30 heavy (non-hydrogen) atoms. The number of benzene rings is 2. The van der Waals surface area contributed by atoms with Crippen LogP contribution in [0.5, 0.6) is 11.5 Å². The van der Waals surface area contributed by atoms with Gasteiger partial charge < -0.3 is 9.84 Å². The third kappa shape index (κ3) is 3.06. The van der Waals surface area contributed by atoms with Gasteiger partial charge in [0.15, 0.2) is 0 Å². The van der Waals surface area contributed by atoms with Crippen LogP contribution in [0.2, 0.25) is 0 Å². The summed E-state index contributed by atoms with van der Waals surface area (Å²) in [5.41, 5.74) is 4.59. The Labute approximate surface area is 184 Å². The normalized spacial score (nSPS) is 28.3. The number of hydrogen-bond acceptors (Lipinski definition) is 4. The largest absolute Gasteiger partial charge is 0.508 e. The van der Waals surface area contributed by atoms with Gasteiger partial charge in [-0.05, 0) is 79.6 Å². The van der Waals surface area contributed by atoms with Crippen LogP contribution in [0.3, 0.4) is 0 Å². The molecule has 0 amide bonds. The van der Waals surface area contributed by atoms with Crippen molar-refractivity contribution in [3.63, 3.8) is 0 Å². The maximum atomic E-state index is 10.6. The van der Waals surface area contributed by atoms with E-state index in [9.17, 15) is 5.11 Å². The first-order chi connectivity index (χ1) is 14.6. The van der Waals surface area contributed by atoms with Gasteiger partial charge >= 0.3 is 0 Å². The van der Waals surface area contributed by atoms with Gasteiger partial charge in [0, 0.05) is 29.0 Å². The predicted molar refractivity (Wildman–Crippen MR) is 124 cm³/mol. The van der Waals surface area contributed by atoms with Crippen molar-refractivity contribution in [1.29, 1.82) is 0 Å². The van der Waals surface area contributed by atoms with Crippen molar-refractivity contribution in [2.45, 2.75) is 61.8 Å². The lowest BCUT2D eigenvalue weighted by Crippen LogP contribution is -2.61. The van der Waals surface area contributed by atoms with Crippen molar-refractivity contribution in [2.24, 2.45) is 5.41 Å². The van der Waals surface area contributed by atoms with E-state index >= 15 is 0 Å². The summed E-state index contributed by atoms with van der Waals surface area (Å²) >= 11 is 1.76. The van der Waals surface area contributed by atoms with Crippen LogP contribution in [-0.2, 0) is 18.4 Å². The second-order valence-corrected chi connectivity index (χ2v) is 10.4. The van der Waals surface area contributed by atoms with E-state index in [1.807, 2.05) is 6.07 Å². The molecule has 1 aliphatic heterocycles. The molecule has 0 spiro atoms. The number of nitrogens with zero attached hydrogens (tertiary/aromatic N) is 1. The highest BCUT2D eigenvalue weighted by Crippen LogP contribution is 2.62. The minimum atomic E-state index is 0.251. The minimum Gasteiger partial charge on any atom is -0.508 e. The van der Waals surface area contributed by atoms with E-state index in [0.717, 1.165) is 31.8 Å². The summed E-state index contributed by atoms with van der Waals surface area (Å²) in [6, 6.07) is 12.9. The first-order valence-electron chi connectivity index (χ1n) is 11.4. The molecular weight excluding hydrogens is 390 g/mol. The molecule has 2 aromatic rings. The molecule has 2 unspecified atom stereocenters. The Morgan fingerprint density at radius 3 is 2.80 bits per heavy atom. The summed E-state index contributed by atoms with van der Waals surface area (Å²) in [7, 11) is 1.79. The van der Waals surface area contributed by atoms with Crippen LogP contribution in [0.25, 0.3) is 0 Å². The number of likely N-dealkylation sites (tertiary alicyclic amines) is 1. The molecule has 3 aliphatic rings. The average molecular weight is 424 g/mol. The average Bonchev–Trinajstić information content (AvgIpc) is 2.78. The van der Waals surface area contributed by atoms with Crippen LogP contribution in [0.1, 0.15) is 55.2 Å². The molecule has 1 saturated carbocycles. The first-order valence-corrected chi connectivity index (χ1v) is 12.6. The van der Waals surface area contributed by atoms with Crippen molar-refractivity contribution in [1.82, 2.24) is 4.90 Å². The minimum absolute atomic E-state index is 0.251. The highest BCUT2D eigenvalue weighted by molar-refractivity contribution is 7.98. The molecule has 2 aromatic carbocycles. The highest BCUT2D eigenvalue weighted by atomic mass is 32.2. The second kappa shape index (κ2) is 7.80. The molecule has 1 N–H and O–H groups in total. The van der Waals surface area contributed by atoms with Gasteiger partial charge in [-0.1, -0.05) is 31.0 Å². The standard InChI is InChI=1S/C26H33NO2S/c1-29-24-16-20(30-2)9-8-19(24)17-27-15-14-26-12-4-3-11-25(26,18-27)13-10-21-22(26)6-5-7-23(21)28/h5-9,16,28H,3-4,10-15,17-18H2,1-2H3. The van der Waals surface area contributed by atoms with Gasteiger partial charge in [-0.2, -0.15) is 0 Å². The predicted octanol–water partition coefficient (Wildman–Crippen LogP) is 5.77. The summed E-state index contributed by atoms with van der Waals surface area (Å²) < 4.78 is 5.73. The van der Waals surface area contributed by atoms with Gasteiger partial charge in [-0.25, -0.2) is 0 Å². The van der Waals surface area contributed by atoms with Gasteiger partial charge in [0.25, 0.3) is 0 Å². The fraction of sp³-hybridized carbons (Fsp3) is 0.538. The van der Waals surface area contributed by atoms with E-state index < -0.39 is 0 Å². The third-order valence-corrected chi connectivity index (χ3v) is 9.04. The molecule has 2 atom stereocenters. The van der Waals surface area contributed by atoms with E-state index in [0.29, 0.717) is 11.2 Å². The van der Waals surface area contributed by atoms with E-state index in [4.69, 9.17) is 4.74 Å². The summed E-state index contributed by atoms with van der Waals surface area (Å²) in [6.45, 7) is 3.24. The van der Waals surface area contributed by atoms with E-state index in [-0.39, 0.29) is 5.41 Å². The maximum Gasteiger partial charge on any atom is 0.124 e. The van der Waals surface area contributed by atoms with Crippen LogP contribution in [-0.4, -0.2) is 36.5 Å². The topological polar surface area (TPSA) is 32.7 Å². The van der Waals surface area contributed by atoms with Gasteiger partial charge in [0.2, 0.25) is 0 Å². The maximum absolute atomic E-state index is 10.6. The lowest BCUT2D eigenvalue weighted by molar-refractivity contribution is -0.0511. The summed E-state index contributed by atoms with van der Waals surface area (Å²) in [5.74, 6) is 1.53. The first kappa shape index (κ1) is 20.3. The molecule has 2 fully saturated rings. The summed E-state index contributed by atoms with van der Waals surface area (Å²) in [4.78, 5) is 3.93. The number of rotatable bonds is 4. The Morgan fingerprint density at radius 2 is 1.97 bits per heavy atom. The Kier molecular flexibility index (Phi) is 5.27. The van der Waals surface area contributed by atoms with Crippen LogP contribution in [0, 0.1) is 5.41 Å². The number of piperidine rings is 1. The van der Waals surface area contributed by atoms with Crippen molar-refractivity contribution in [3.8, 4) is 11.5 Å². The Bertz CT molecular complexity index is 945. The monoisotopic (exact) mass is 423 g/mol. The molecule has 0 radical (unpaired) electrons. The third-order valence-electron chi connectivity index (χ3n) is 8.31. The van der Waals surface area contributed by atoms with Crippen LogP contribution >= 0.6 is 11.8 Å². The lowest BCUT2D eigenvalue weighted by atomic mass is 9.46. The SMILES string of the molecule is COc1cc(SC)ccc1CN1CCC23CCCCC2(CCc2c(O)cccc23)C1. The van der Waals surface area contributed by atoms with Gasteiger partial charge in [0.1, 0.15) is 11.5 Å².